The van der Waals surface area contributed by atoms with Crippen LogP contribution in [0.3, 0.4) is 0 Å². The molecule has 0 N–H and O–H groups in total. The molecule has 0 fully saturated rings. The molecule has 0 aromatic heterocycles. The van der Waals surface area contributed by atoms with Crippen LogP contribution in [0.2, 0.25) is 8.87 Å². The van der Waals surface area contributed by atoms with Gasteiger partial charge in [0.1, 0.15) is 0 Å². The molecule has 11 heteroatoms. The molecule has 0 aliphatic rings. The molecule has 0 aliphatic carbocycles. The Morgan fingerprint density at radius 3 is 1.26 bits per heavy atom. The molecule has 0 aromatic carbocycles. The Morgan fingerprint density at radius 1 is 0.826 bits per heavy atom. The van der Waals surface area contributed by atoms with Gasteiger partial charge in [-0.15, -0.1) is 0 Å². The first-order valence-electron chi connectivity index (χ1n) is 6.20. The second kappa shape index (κ2) is 21.4. The van der Waals surface area contributed by atoms with E-state index in [9.17, 15) is 29.4 Å². The van der Waals surface area contributed by atoms with Gasteiger partial charge in [0.15, 0.2) is 0 Å². The van der Waals surface area contributed by atoms with E-state index in [0.29, 0.717) is 12.8 Å². The van der Waals surface area contributed by atoms with Crippen molar-refractivity contribution in [1.29, 1.82) is 0 Å². The van der Waals surface area contributed by atoms with E-state index < -0.39 is 33.1 Å². The first-order valence-corrected chi connectivity index (χ1v) is 11.5. The van der Waals surface area contributed by atoms with Crippen molar-refractivity contribution in [2.24, 2.45) is 0 Å². The van der Waals surface area contributed by atoms with Gasteiger partial charge in [0.25, 0.3) is 0 Å². The van der Waals surface area contributed by atoms with Crippen LogP contribution in [0.5, 0.6) is 0 Å². The van der Waals surface area contributed by atoms with Crippen molar-refractivity contribution in [3.8, 4) is 0 Å². The van der Waals surface area contributed by atoms with Crippen LogP contribution >= 0.6 is 25.3 Å². The number of carbonyl (C=O) groups is 4. The van der Waals surface area contributed by atoms with E-state index in [0.717, 1.165) is 8.87 Å². The normalized spacial score (nSPS) is 8.17. The molecule has 8 nitrogen and oxygen atoms in total. The molecular weight excluding hydrogens is 455 g/mol. The molecule has 0 aromatic rings. The van der Waals surface area contributed by atoms with Crippen LogP contribution in [0.25, 0.3) is 0 Å². The Hall–Kier alpha value is -0.621. The van der Waals surface area contributed by atoms with E-state index >= 15 is 0 Å². The summed E-state index contributed by atoms with van der Waals surface area (Å²) in [7, 11) is 2.78. The van der Waals surface area contributed by atoms with Gasteiger partial charge in [0, 0.05) is 11.5 Å². The maximum absolute atomic E-state index is 10.7. The first kappa shape index (κ1) is 27.2. The monoisotopic (exact) mass is 476 g/mol. The van der Waals surface area contributed by atoms with Gasteiger partial charge in [-0.05, 0) is 0 Å². The van der Waals surface area contributed by atoms with E-state index in [1.165, 1.54) is 14.2 Å². The largest absolute Gasteiger partial charge is 0.549 e. The second-order valence-electron chi connectivity index (χ2n) is 3.46. The molecule has 0 radical (unpaired) electrons. The number of carboxylic acids is 2. The Kier molecular flexibility index (Phi) is 25.3. The molecule has 0 saturated heterocycles. The molecule has 0 amide bonds. The smallest absolute Gasteiger partial charge is 0.0510 e. The quantitative estimate of drug-likeness (QED) is 0.178. The summed E-state index contributed by atoms with van der Waals surface area (Å²) in [5.74, 6) is -2.96. The maximum atomic E-state index is 10.7. The number of esters is 2. The summed E-state index contributed by atoms with van der Waals surface area (Å²) in [5, 5.41) is 18.4. The minimum atomic E-state index is -1.13. The summed E-state index contributed by atoms with van der Waals surface area (Å²) in [5.41, 5.74) is 0. The maximum Gasteiger partial charge on any atom is 0.0510 e. The summed E-state index contributed by atoms with van der Waals surface area (Å²) in [6.45, 7) is 0. The van der Waals surface area contributed by atoms with E-state index in [2.05, 4.69) is 34.7 Å². The Labute approximate surface area is 156 Å². The summed E-state index contributed by atoms with van der Waals surface area (Å²) in [6, 6.07) is 0. The molecule has 0 saturated carbocycles. The molecule has 0 unspecified atom stereocenters. The molecule has 0 rings (SSSR count). The topological polar surface area (TPSA) is 133 Å². The van der Waals surface area contributed by atoms with Crippen molar-refractivity contribution >= 4 is 70.3 Å². The number of rotatable bonds is 8. The molecule has 0 atom stereocenters. The van der Waals surface area contributed by atoms with Crippen molar-refractivity contribution in [3.63, 3.8) is 0 Å². The zero-order valence-electron chi connectivity index (χ0n) is 12.9. The number of carboxylic acid groups (broad SMARTS) is 2. The van der Waals surface area contributed by atoms with Crippen molar-refractivity contribution in [2.75, 3.05) is 25.7 Å². The predicted molar refractivity (Wildman–Crippen MR) is 86.4 cm³/mol. The first-order chi connectivity index (χ1) is 10.7. The average Bonchev–Trinajstić information content (AvgIpc) is 2.54. The number of aliphatic carboxylic acids is 2. The number of methoxy groups -OCH3 is 2. The second-order valence-corrected chi connectivity index (χ2v) is 8.38. The summed E-state index contributed by atoms with van der Waals surface area (Å²) in [4.78, 5) is 39.7. The van der Waals surface area contributed by atoms with Gasteiger partial charge in [-0.1, -0.05) is 0 Å². The van der Waals surface area contributed by atoms with Crippen LogP contribution in [0, 0.1) is 0 Å². The van der Waals surface area contributed by atoms with E-state index in [1.807, 2.05) is 0 Å². The predicted octanol–water partition coefficient (Wildman–Crippen LogP) is -2.01. The fraction of sp³-hybridized carbons (Fsp3) is 0.667. The number of hydrogen-bond donors (Lipinski definition) is 2. The minimum absolute atomic E-state index is 0.154. The molecule has 0 spiro atoms. The molecule has 0 bridgehead atoms. The average molecular weight is 475 g/mol. The summed E-state index contributed by atoms with van der Waals surface area (Å²) in [6.07, 6.45) is 1.01. The third-order valence-electron chi connectivity index (χ3n) is 1.73. The van der Waals surface area contributed by atoms with Crippen molar-refractivity contribution in [3.05, 3.63) is 0 Å². The fourth-order valence-electron chi connectivity index (χ4n) is 0.710. The molecule has 132 valence electrons. The van der Waals surface area contributed by atoms with Gasteiger partial charge in [-0.25, -0.2) is 0 Å². The zero-order valence-corrected chi connectivity index (χ0v) is 17.5. The molecular formula is C12H20O8S2Sn. The van der Waals surface area contributed by atoms with Gasteiger partial charge in [-0.2, -0.15) is 25.3 Å². The number of thiol groups is 2. The van der Waals surface area contributed by atoms with E-state index in [-0.39, 0.29) is 23.4 Å². The van der Waals surface area contributed by atoms with Gasteiger partial charge in [-0.3, -0.25) is 0 Å². The number of ether oxygens (including phenoxy) is 2. The third-order valence-corrected chi connectivity index (χ3v) is 5.69. The van der Waals surface area contributed by atoms with Crippen LogP contribution < -0.4 is 10.2 Å². The van der Waals surface area contributed by atoms with Crippen molar-refractivity contribution in [2.45, 2.75) is 21.7 Å². The van der Waals surface area contributed by atoms with Crippen LogP contribution in [-0.4, -0.2) is 70.7 Å². The summed E-state index contributed by atoms with van der Waals surface area (Å²) < 4.78 is 10.9. The standard InChI is InChI=1S/2C4H7O2.2C2H4O2S.Sn/c2*1-3-4(5)6-2;2*3-2(4)1-5;/h2*1,3H2,2H3;2*5H,1H2,(H,3,4);/q;;;;+2/p-2. The Bertz CT molecular complexity index is 320. The third kappa shape index (κ3) is 33.9. The van der Waals surface area contributed by atoms with Gasteiger partial charge < -0.3 is 19.8 Å². The van der Waals surface area contributed by atoms with Gasteiger partial charge in [0.2, 0.25) is 0 Å². The van der Waals surface area contributed by atoms with Crippen LogP contribution in [0.1, 0.15) is 12.8 Å². The summed E-state index contributed by atoms with van der Waals surface area (Å²) >= 11 is 6.16. The fourth-order valence-corrected chi connectivity index (χ4v) is 3.60. The van der Waals surface area contributed by atoms with Gasteiger partial charge in [0.05, 0.1) is 11.9 Å². The minimum Gasteiger partial charge on any atom is -0.549 e. The zero-order chi connectivity index (χ0) is 18.7. The molecule has 0 heterocycles. The number of hydrogen-bond acceptors (Lipinski definition) is 10. The molecule has 0 aliphatic heterocycles. The van der Waals surface area contributed by atoms with Crippen molar-refractivity contribution < 1.29 is 38.9 Å². The molecule has 23 heavy (non-hydrogen) atoms. The van der Waals surface area contributed by atoms with E-state index in [1.54, 1.807) is 0 Å². The van der Waals surface area contributed by atoms with Crippen molar-refractivity contribution in [1.82, 2.24) is 0 Å². The Balaban J connectivity index is -0.000000329. The van der Waals surface area contributed by atoms with Crippen LogP contribution in [0.15, 0.2) is 0 Å². The van der Waals surface area contributed by atoms with Crippen LogP contribution in [0.4, 0.5) is 0 Å². The number of carbonyl (C=O) groups excluding carboxylic acids is 4. The van der Waals surface area contributed by atoms with E-state index in [4.69, 9.17) is 0 Å². The SMILES string of the molecule is COC(=O)C[CH2][Sn+2][CH2]CC(=O)OC.O=C([O-])CS.O=C([O-])CS. The van der Waals surface area contributed by atoms with Gasteiger partial charge >= 0.3 is 88.1 Å². The Morgan fingerprint density at radius 2 is 1.09 bits per heavy atom. The van der Waals surface area contributed by atoms with Crippen LogP contribution in [-0.2, 0) is 28.7 Å².